The molecule has 0 heterocycles. The van der Waals surface area contributed by atoms with Crippen molar-refractivity contribution >= 4 is 29.3 Å². The molecule has 0 aliphatic rings. The van der Waals surface area contributed by atoms with Gasteiger partial charge in [-0.3, -0.25) is 0 Å². The number of carbonyl (C=O) groups excluding carboxylic acids is 1. The van der Waals surface area contributed by atoms with Crippen LogP contribution < -0.4 is 5.32 Å². The molecular formula is C12H15Cl2NO2. The minimum atomic E-state index is -0.512. The Hall–Kier alpha value is -0.930. The number of ether oxygens (including phenoxy) is 1. The first-order chi connectivity index (χ1) is 7.79. The first-order valence-corrected chi connectivity index (χ1v) is 5.95. The van der Waals surface area contributed by atoms with Crippen LogP contribution in [0, 0.1) is 0 Å². The van der Waals surface area contributed by atoms with Crippen molar-refractivity contribution in [3.8, 4) is 0 Å². The molecule has 17 heavy (non-hydrogen) atoms. The minimum absolute atomic E-state index is 0.286. The molecule has 0 spiro atoms. The first kappa shape index (κ1) is 14.1. The van der Waals surface area contributed by atoms with Gasteiger partial charge in [-0.25, -0.2) is 4.79 Å². The Balaban J connectivity index is 2.56. The molecule has 5 heteroatoms. The van der Waals surface area contributed by atoms with E-state index in [2.05, 4.69) is 5.32 Å². The molecule has 1 aromatic carbocycles. The monoisotopic (exact) mass is 275 g/mol. The highest BCUT2D eigenvalue weighted by molar-refractivity contribution is 6.42. The molecule has 0 atom stereocenters. The number of hydrogen-bond acceptors (Lipinski definition) is 2. The van der Waals surface area contributed by atoms with Crippen molar-refractivity contribution in [2.45, 2.75) is 32.9 Å². The van der Waals surface area contributed by atoms with E-state index in [1.165, 1.54) is 0 Å². The lowest BCUT2D eigenvalue weighted by atomic mass is 10.2. The smallest absolute Gasteiger partial charge is 0.407 e. The van der Waals surface area contributed by atoms with Crippen LogP contribution in [0.2, 0.25) is 10.0 Å². The largest absolute Gasteiger partial charge is 0.444 e. The maximum absolute atomic E-state index is 11.4. The lowest BCUT2D eigenvalue weighted by Gasteiger charge is -2.19. The van der Waals surface area contributed by atoms with Crippen LogP contribution in [0.4, 0.5) is 4.79 Å². The van der Waals surface area contributed by atoms with E-state index in [0.29, 0.717) is 10.0 Å². The Morgan fingerprint density at radius 1 is 1.35 bits per heavy atom. The van der Waals surface area contributed by atoms with Crippen LogP contribution in [0.25, 0.3) is 0 Å². The summed E-state index contributed by atoms with van der Waals surface area (Å²) in [7, 11) is 0. The number of amides is 1. The minimum Gasteiger partial charge on any atom is -0.444 e. The summed E-state index contributed by atoms with van der Waals surface area (Å²) < 4.78 is 5.10. The number of rotatable bonds is 2. The van der Waals surface area contributed by atoms with Crippen LogP contribution in [-0.4, -0.2) is 11.7 Å². The van der Waals surface area contributed by atoms with Gasteiger partial charge in [-0.05, 0) is 32.4 Å². The third-order valence-corrected chi connectivity index (χ3v) is 2.71. The summed E-state index contributed by atoms with van der Waals surface area (Å²) in [6, 6.07) is 5.27. The molecule has 94 valence electrons. The molecule has 0 aromatic heterocycles. The average molecular weight is 276 g/mol. The highest BCUT2D eigenvalue weighted by atomic mass is 35.5. The van der Waals surface area contributed by atoms with Crippen molar-refractivity contribution in [2.24, 2.45) is 0 Å². The number of halogens is 2. The molecule has 0 aliphatic carbocycles. The van der Waals surface area contributed by atoms with Gasteiger partial charge in [0.2, 0.25) is 0 Å². The maximum atomic E-state index is 11.4. The number of hydrogen-bond donors (Lipinski definition) is 1. The Morgan fingerprint density at radius 3 is 2.59 bits per heavy atom. The van der Waals surface area contributed by atoms with Gasteiger partial charge in [0.1, 0.15) is 5.60 Å². The molecule has 0 saturated carbocycles. The van der Waals surface area contributed by atoms with E-state index in [1.54, 1.807) is 39.0 Å². The molecule has 0 aliphatic heterocycles. The zero-order valence-corrected chi connectivity index (χ0v) is 11.5. The Labute approximate surface area is 111 Å². The SMILES string of the molecule is CC(C)(C)OC(=O)NCc1cccc(Cl)c1Cl. The van der Waals surface area contributed by atoms with Gasteiger partial charge < -0.3 is 10.1 Å². The number of benzene rings is 1. The predicted molar refractivity (Wildman–Crippen MR) is 69.5 cm³/mol. The zero-order valence-electron chi connectivity index (χ0n) is 10.0. The molecule has 0 unspecified atom stereocenters. The summed E-state index contributed by atoms with van der Waals surface area (Å²) in [5.74, 6) is 0. The van der Waals surface area contributed by atoms with Crippen molar-refractivity contribution in [3.05, 3.63) is 33.8 Å². The van der Waals surface area contributed by atoms with E-state index in [1.807, 2.05) is 0 Å². The van der Waals surface area contributed by atoms with Crippen LogP contribution in [0.3, 0.4) is 0 Å². The Bertz CT molecular complexity index is 413. The third-order valence-electron chi connectivity index (χ3n) is 1.85. The van der Waals surface area contributed by atoms with Gasteiger partial charge in [-0.15, -0.1) is 0 Å². The fourth-order valence-electron chi connectivity index (χ4n) is 1.17. The lowest BCUT2D eigenvalue weighted by Crippen LogP contribution is -2.32. The Kier molecular flexibility index (Phi) is 4.66. The number of nitrogens with one attached hydrogen (secondary N) is 1. The molecule has 0 fully saturated rings. The van der Waals surface area contributed by atoms with Gasteiger partial charge in [0, 0.05) is 6.54 Å². The van der Waals surface area contributed by atoms with Crippen LogP contribution in [0.1, 0.15) is 26.3 Å². The molecular weight excluding hydrogens is 261 g/mol. The summed E-state index contributed by atoms with van der Waals surface area (Å²) in [6.07, 6.45) is -0.478. The number of alkyl carbamates (subject to hydrolysis) is 1. The number of carbonyl (C=O) groups is 1. The fraction of sp³-hybridized carbons (Fsp3) is 0.417. The summed E-state index contributed by atoms with van der Waals surface area (Å²) in [5.41, 5.74) is 0.243. The van der Waals surface area contributed by atoms with Gasteiger partial charge in [-0.2, -0.15) is 0 Å². The van der Waals surface area contributed by atoms with E-state index >= 15 is 0 Å². The summed E-state index contributed by atoms with van der Waals surface area (Å²) >= 11 is 11.8. The van der Waals surface area contributed by atoms with Crippen molar-refractivity contribution in [1.29, 1.82) is 0 Å². The Morgan fingerprint density at radius 2 is 2.00 bits per heavy atom. The lowest BCUT2D eigenvalue weighted by molar-refractivity contribution is 0.0523. The summed E-state index contributed by atoms with van der Waals surface area (Å²) in [6.45, 7) is 5.70. The molecule has 0 saturated heterocycles. The van der Waals surface area contributed by atoms with Gasteiger partial charge in [0.25, 0.3) is 0 Å². The zero-order chi connectivity index (χ0) is 13.1. The molecule has 1 rings (SSSR count). The van der Waals surface area contributed by atoms with Crippen LogP contribution >= 0.6 is 23.2 Å². The molecule has 3 nitrogen and oxygen atoms in total. The molecule has 1 N–H and O–H groups in total. The first-order valence-electron chi connectivity index (χ1n) is 5.19. The van der Waals surface area contributed by atoms with E-state index in [9.17, 15) is 4.79 Å². The third kappa shape index (κ3) is 4.84. The van der Waals surface area contributed by atoms with Crippen molar-refractivity contribution in [2.75, 3.05) is 0 Å². The predicted octanol–water partition coefficient (Wildman–Crippen LogP) is 4.02. The quantitative estimate of drug-likeness (QED) is 0.886. The molecule has 1 aromatic rings. The van der Waals surface area contributed by atoms with Gasteiger partial charge >= 0.3 is 6.09 Å². The summed E-state index contributed by atoms with van der Waals surface area (Å²) in [5, 5.41) is 3.54. The molecule has 0 bridgehead atoms. The highest BCUT2D eigenvalue weighted by Crippen LogP contribution is 2.25. The van der Waals surface area contributed by atoms with Gasteiger partial charge in [0.15, 0.2) is 0 Å². The fourth-order valence-corrected chi connectivity index (χ4v) is 1.55. The van der Waals surface area contributed by atoms with Crippen molar-refractivity contribution in [3.63, 3.8) is 0 Å². The van der Waals surface area contributed by atoms with E-state index in [4.69, 9.17) is 27.9 Å². The van der Waals surface area contributed by atoms with E-state index in [0.717, 1.165) is 5.56 Å². The highest BCUT2D eigenvalue weighted by Gasteiger charge is 2.16. The van der Waals surface area contributed by atoms with Crippen molar-refractivity contribution < 1.29 is 9.53 Å². The maximum Gasteiger partial charge on any atom is 0.407 e. The van der Waals surface area contributed by atoms with Crippen LogP contribution in [0.15, 0.2) is 18.2 Å². The van der Waals surface area contributed by atoms with Crippen LogP contribution in [0.5, 0.6) is 0 Å². The van der Waals surface area contributed by atoms with Crippen molar-refractivity contribution in [1.82, 2.24) is 5.32 Å². The van der Waals surface area contributed by atoms with Gasteiger partial charge in [0.05, 0.1) is 10.0 Å². The molecule has 1 amide bonds. The second kappa shape index (κ2) is 5.61. The second-order valence-corrected chi connectivity index (χ2v) is 5.35. The topological polar surface area (TPSA) is 38.3 Å². The van der Waals surface area contributed by atoms with E-state index in [-0.39, 0.29) is 6.54 Å². The van der Waals surface area contributed by atoms with Crippen LogP contribution in [-0.2, 0) is 11.3 Å². The summed E-state index contributed by atoms with van der Waals surface area (Å²) in [4.78, 5) is 11.4. The van der Waals surface area contributed by atoms with Gasteiger partial charge in [-0.1, -0.05) is 35.3 Å². The average Bonchev–Trinajstić information content (AvgIpc) is 2.18. The van der Waals surface area contributed by atoms with E-state index < -0.39 is 11.7 Å². The normalized spacial score (nSPS) is 11.1. The molecule has 0 radical (unpaired) electrons. The second-order valence-electron chi connectivity index (χ2n) is 4.57. The standard InChI is InChI=1S/C12H15Cl2NO2/c1-12(2,3)17-11(16)15-7-8-5-4-6-9(13)10(8)14/h4-6H,7H2,1-3H3,(H,15,16).